The minimum atomic E-state index is -0.0785. The zero-order chi connectivity index (χ0) is 23.9. The summed E-state index contributed by atoms with van der Waals surface area (Å²) in [4.78, 5) is 28.2. The predicted molar refractivity (Wildman–Crippen MR) is 139 cm³/mol. The third kappa shape index (κ3) is 6.40. The van der Waals surface area contributed by atoms with Crippen LogP contribution in [0.4, 0.5) is 11.4 Å². The fraction of sp³-hybridized carbons (Fsp3) is 0.517. The summed E-state index contributed by atoms with van der Waals surface area (Å²) in [5, 5.41) is 6.13. The van der Waals surface area contributed by atoms with Crippen molar-refractivity contribution in [3.63, 3.8) is 0 Å². The van der Waals surface area contributed by atoms with Gasteiger partial charge in [-0.25, -0.2) is 0 Å². The van der Waals surface area contributed by atoms with Crippen molar-refractivity contribution in [2.45, 2.75) is 71.3 Å². The quantitative estimate of drug-likeness (QED) is 0.548. The van der Waals surface area contributed by atoms with E-state index in [1.54, 1.807) is 0 Å². The Morgan fingerprint density at radius 1 is 0.941 bits per heavy atom. The van der Waals surface area contributed by atoms with E-state index in [-0.39, 0.29) is 23.8 Å². The fourth-order valence-electron chi connectivity index (χ4n) is 5.35. The number of amides is 2. The Morgan fingerprint density at radius 3 is 2.32 bits per heavy atom. The number of nitrogens with one attached hydrogen (secondary N) is 2. The van der Waals surface area contributed by atoms with Crippen molar-refractivity contribution < 1.29 is 9.59 Å². The molecule has 1 saturated carbocycles. The summed E-state index contributed by atoms with van der Waals surface area (Å²) >= 11 is 0. The van der Waals surface area contributed by atoms with E-state index in [0.29, 0.717) is 17.2 Å². The highest BCUT2D eigenvalue weighted by Crippen LogP contribution is 2.31. The van der Waals surface area contributed by atoms with Crippen LogP contribution in [0.2, 0.25) is 0 Å². The number of nitrogens with zero attached hydrogens (tertiary/aromatic N) is 1. The van der Waals surface area contributed by atoms with Gasteiger partial charge in [0.05, 0.1) is 5.56 Å². The molecular formula is C29H39N3O2. The van der Waals surface area contributed by atoms with Crippen molar-refractivity contribution in [2.24, 2.45) is 11.8 Å². The van der Waals surface area contributed by atoms with Gasteiger partial charge in [-0.05, 0) is 75.6 Å². The molecule has 182 valence electrons. The number of carbonyl (C=O) groups is 2. The first-order valence-corrected chi connectivity index (χ1v) is 13.0. The number of anilines is 2. The lowest BCUT2D eigenvalue weighted by molar-refractivity contribution is -0.120. The summed E-state index contributed by atoms with van der Waals surface area (Å²) in [5.74, 6) is 0.764. The van der Waals surface area contributed by atoms with Crippen LogP contribution >= 0.6 is 0 Å². The van der Waals surface area contributed by atoms with Gasteiger partial charge in [0, 0.05) is 36.4 Å². The zero-order valence-corrected chi connectivity index (χ0v) is 20.7. The van der Waals surface area contributed by atoms with E-state index >= 15 is 0 Å². The molecule has 0 unspecified atom stereocenters. The molecule has 2 N–H and O–H groups in total. The molecule has 2 aromatic carbocycles. The maximum absolute atomic E-state index is 13.1. The summed E-state index contributed by atoms with van der Waals surface area (Å²) in [6.45, 7) is 5.82. The number of hydrogen-bond acceptors (Lipinski definition) is 3. The molecule has 1 heterocycles. The molecule has 0 aromatic heterocycles. The molecule has 2 fully saturated rings. The molecule has 2 aromatic rings. The molecule has 0 spiro atoms. The van der Waals surface area contributed by atoms with Gasteiger partial charge in [0.25, 0.3) is 5.91 Å². The first kappa shape index (κ1) is 24.3. The van der Waals surface area contributed by atoms with E-state index < -0.39 is 0 Å². The summed E-state index contributed by atoms with van der Waals surface area (Å²) in [6, 6.07) is 16.6. The molecule has 1 saturated heterocycles. The van der Waals surface area contributed by atoms with Gasteiger partial charge < -0.3 is 15.5 Å². The second kappa shape index (κ2) is 11.5. The summed E-state index contributed by atoms with van der Waals surface area (Å²) < 4.78 is 0. The second-order valence-corrected chi connectivity index (χ2v) is 10.3. The van der Waals surface area contributed by atoms with E-state index in [2.05, 4.69) is 45.9 Å². The van der Waals surface area contributed by atoms with Crippen LogP contribution in [0.5, 0.6) is 0 Å². The van der Waals surface area contributed by atoms with E-state index in [9.17, 15) is 9.59 Å². The van der Waals surface area contributed by atoms with Crippen LogP contribution < -0.4 is 15.5 Å². The van der Waals surface area contributed by atoms with Crippen molar-refractivity contribution in [3.05, 3.63) is 59.7 Å². The Bertz CT molecular complexity index is 959. The van der Waals surface area contributed by atoms with Crippen LogP contribution in [0.15, 0.2) is 48.5 Å². The van der Waals surface area contributed by atoms with E-state index in [1.807, 2.05) is 32.0 Å². The predicted octanol–water partition coefficient (Wildman–Crippen LogP) is 5.80. The largest absolute Gasteiger partial charge is 0.371 e. The van der Waals surface area contributed by atoms with E-state index in [0.717, 1.165) is 63.7 Å². The standard InChI is InChI=1S/C29H39N3O2/c1-21(2)30-29(34)26-20-25(31-28(33)24-11-7-4-8-12-24)13-14-27(26)32-17-15-23(16-18-32)19-22-9-5-3-6-10-22/h3,5-6,9-10,13-14,20-21,23-24H,4,7-8,11-12,15-19H2,1-2H3,(H,30,34)(H,31,33). The average molecular weight is 462 g/mol. The summed E-state index contributed by atoms with van der Waals surface area (Å²) in [6.07, 6.45) is 8.73. The third-order valence-electron chi connectivity index (χ3n) is 7.23. The van der Waals surface area contributed by atoms with Crippen LogP contribution in [0.3, 0.4) is 0 Å². The Balaban J connectivity index is 1.46. The Labute approximate surface area is 204 Å². The van der Waals surface area contributed by atoms with Gasteiger partial charge in [-0.2, -0.15) is 0 Å². The molecule has 0 bridgehead atoms. The van der Waals surface area contributed by atoms with Gasteiger partial charge in [-0.15, -0.1) is 0 Å². The van der Waals surface area contributed by atoms with Crippen LogP contribution in [0, 0.1) is 11.8 Å². The number of carbonyl (C=O) groups excluding carboxylic acids is 2. The molecule has 2 aliphatic rings. The van der Waals surface area contributed by atoms with E-state index in [1.165, 1.54) is 12.0 Å². The van der Waals surface area contributed by atoms with Crippen LogP contribution in [0.25, 0.3) is 0 Å². The van der Waals surface area contributed by atoms with Crippen molar-refractivity contribution in [3.8, 4) is 0 Å². The van der Waals surface area contributed by atoms with Crippen molar-refractivity contribution in [2.75, 3.05) is 23.3 Å². The third-order valence-corrected chi connectivity index (χ3v) is 7.23. The minimum Gasteiger partial charge on any atom is -0.371 e. The molecule has 1 aliphatic carbocycles. The minimum absolute atomic E-state index is 0.0532. The van der Waals surface area contributed by atoms with Crippen LogP contribution in [0.1, 0.15) is 74.7 Å². The molecule has 34 heavy (non-hydrogen) atoms. The number of hydrogen-bond donors (Lipinski definition) is 2. The van der Waals surface area contributed by atoms with Gasteiger partial charge in [-0.3, -0.25) is 9.59 Å². The highest BCUT2D eigenvalue weighted by atomic mass is 16.2. The van der Waals surface area contributed by atoms with Crippen LogP contribution in [-0.4, -0.2) is 30.9 Å². The number of rotatable bonds is 7. The van der Waals surface area contributed by atoms with Crippen molar-refractivity contribution in [1.29, 1.82) is 0 Å². The molecule has 5 heteroatoms. The molecule has 2 amide bonds. The normalized spacial score (nSPS) is 17.6. The lowest BCUT2D eigenvalue weighted by Gasteiger charge is -2.35. The number of benzene rings is 2. The maximum atomic E-state index is 13.1. The lowest BCUT2D eigenvalue weighted by Crippen LogP contribution is -2.37. The Hall–Kier alpha value is -2.82. The van der Waals surface area contributed by atoms with Gasteiger partial charge in [-0.1, -0.05) is 49.6 Å². The van der Waals surface area contributed by atoms with Gasteiger partial charge >= 0.3 is 0 Å². The zero-order valence-electron chi connectivity index (χ0n) is 20.7. The highest BCUT2D eigenvalue weighted by molar-refractivity contribution is 6.02. The number of piperidine rings is 1. The SMILES string of the molecule is CC(C)NC(=O)c1cc(NC(=O)C2CCCCC2)ccc1N1CCC(Cc2ccccc2)CC1. The first-order valence-electron chi connectivity index (χ1n) is 13.0. The van der Waals surface area contributed by atoms with Crippen molar-refractivity contribution >= 4 is 23.2 Å². The molecule has 4 rings (SSSR count). The molecular weight excluding hydrogens is 422 g/mol. The molecule has 5 nitrogen and oxygen atoms in total. The Morgan fingerprint density at radius 2 is 1.65 bits per heavy atom. The highest BCUT2D eigenvalue weighted by Gasteiger charge is 2.25. The second-order valence-electron chi connectivity index (χ2n) is 10.3. The molecule has 0 atom stereocenters. The summed E-state index contributed by atoms with van der Waals surface area (Å²) in [7, 11) is 0. The fourth-order valence-corrected chi connectivity index (χ4v) is 5.35. The van der Waals surface area contributed by atoms with Gasteiger partial charge in [0.15, 0.2) is 0 Å². The monoisotopic (exact) mass is 461 g/mol. The topological polar surface area (TPSA) is 61.4 Å². The average Bonchev–Trinajstić information content (AvgIpc) is 2.85. The Kier molecular flexibility index (Phi) is 8.25. The lowest BCUT2D eigenvalue weighted by atomic mass is 9.88. The van der Waals surface area contributed by atoms with Crippen molar-refractivity contribution in [1.82, 2.24) is 5.32 Å². The first-order chi connectivity index (χ1) is 16.5. The van der Waals surface area contributed by atoms with Crippen LogP contribution in [-0.2, 0) is 11.2 Å². The molecule has 0 radical (unpaired) electrons. The maximum Gasteiger partial charge on any atom is 0.253 e. The van der Waals surface area contributed by atoms with Gasteiger partial charge in [0.2, 0.25) is 5.91 Å². The van der Waals surface area contributed by atoms with Gasteiger partial charge in [0.1, 0.15) is 0 Å². The molecule has 1 aliphatic heterocycles. The van der Waals surface area contributed by atoms with E-state index in [4.69, 9.17) is 0 Å². The summed E-state index contributed by atoms with van der Waals surface area (Å²) in [5.41, 5.74) is 3.73. The smallest absolute Gasteiger partial charge is 0.253 e.